The lowest BCUT2D eigenvalue weighted by molar-refractivity contribution is 0.0342. The molecule has 0 spiro atoms. The van der Waals surface area contributed by atoms with E-state index in [-0.39, 0.29) is 0 Å². The van der Waals surface area contributed by atoms with Crippen LogP contribution in [0.5, 0.6) is 0 Å². The van der Waals surface area contributed by atoms with Crippen LogP contribution < -0.4 is 5.32 Å². The molecule has 0 amide bonds. The van der Waals surface area contributed by atoms with Gasteiger partial charge in [0.1, 0.15) is 0 Å². The highest BCUT2D eigenvalue weighted by Gasteiger charge is 2.15. The fourth-order valence-electron chi connectivity index (χ4n) is 5.33. The average Bonchev–Trinajstić information content (AvgIpc) is 2.89. The fraction of sp³-hybridized carbons (Fsp3) is 0.323. The third kappa shape index (κ3) is 5.09. The zero-order valence-electron chi connectivity index (χ0n) is 21.1. The number of nitrogens with one attached hydrogen (secondary N) is 1. The van der Waals surface area contributed by atoms with Crippen LogP contribution in [0.4, 0.5) is 5.69 Å². The molecule has 1 N–H and O–H groups in total. The molecule has 1 aliphatic rings. The van der Waals surface area contributed by atoms with Crippen molar-refractivity contribution in [3.63, 3.8) is 0 Å². The largest absolute Gasteiger partial charge is 0.380 e. The van der Waals surface area contributed by atoms with Crippen LogP contribution in [0.2, 0.25) is 0 Å². The summed E-state index contributed by atoms with van der Waals surface area (Å²) in [5.41, 5.74) is 11.4. The highest BCUT2D eigenvalue weighted by Crippen LogP contribution is 2.36. The van der Waals surface area contributed by atoms with Crippen LogP contribution in [0.3, 0.4) is 0 Å². The van der Waals surface area contributed by atoms with E-state index in [0.29, 0.717) is 0 Å². The van der Waals surface area contributed by atoms with E-state index in [4.69, 9.17) is 9.72 Å². The molecule has 1 saturated heterocycles. The molecule has 1 fully saturated rings. The van der Waals surface area contributed by atoms with Crippen LogP contribution in [0.1, 0.15) is 34.7 Å². The summed E-state index contributed by atoms with van der Waals surface area (Å²) >= 11 is 0. The maximum atomic E-state index is 5.49. The van der Waals surface area contributed by atoms with E-state index in [0.717, 1.165) is 57.0 Å². The Morgan fingerprint density at radius 2 is 1.69 bits per heavy atom. The maximum absolute atomic E-state index is 5.49. The molecule has 180 valence electrons. The smallest absolute Gasteiger partial charge is 0.0728 e. The van der Waals surface area contributed by atoms with Crippen LogP contribution in [0.25, 0.3) is 22.0 Å². The van der Waals surface area contributed by atoms with Crippen LogP contribution >= 0.6 is 0 Å². The second-order valence-corrected chi connectivity index (χ2v) is 9.51. The van der Waals surface area contributed by atoms with Gasteiger partial charge in [-0.2, -0.15) is 0 Å². The van der Waals surface area contributed by atoms with E-state index in [1.165, 1.54) is 44.3 Å². The van der Waals surface area contributed by atoms with Crippen LogP contribution in [-0.2, 0) is 24.2 Å². The summed E-state index contributed by atoms with van der Waals surface area (Å²) in [6.07, 6.45) is 2.95. The summed E-state index contributed by atoms with van der Waals surface area (Å²) < 4.78 is 5.49. The molecule has 0 aliphatic carbocycles. The molecule has 1 aromatic heterocycles. The molecule has 0 saturated carbocycles. The Labute approximate surface area is 209 Å². The summed E-state index contributed by atoms with van der Waals surface area (Å²) in [6, 6.07) is 22.1. The van der Waals surface area contributed by atoms with Gasteiger partial charge in [0.25, 0.3) is 0 Å². The van der Waals surface area contributed by atoms with Gasteiger partial charge in [0.2, 0.25) is 0 Å². The first kappa shape index (κ1) is 23.5. The van der Waals surface area contributed by atoms with Gasteiger partial charge in [0, 0.05) is 43.4 Å². The number of hydrogen-bond donors (Lipinski definition) is 1. The van der Waals surface area contributed by atoms with Crippen molar-refractivity contribution < 1.29 is 4.74 Å². The van der Waals surface area contributed by atoms with E-state index in [1.807, 2.05) is 6.20 Å². The molecular weight excluding hydrogens is 430 g/mol. The van der Waals surface area contributed by atoms with Gasteiger partial charge in [-0.25, -0.2) is 0 Å². The highest BCUT2D eigenvalue weighted by molar-refractivity contribution is 5.99. The van der Waals surface area contributed by atoms with Gasteiger partial charge in [-0.15, -0.1) is 0 Å². The van der Waals surface area contributed by atoms with Gasteiger partial charge in [0.15, 0.2) is 0 Å². The molecule has 0 bridgehead atoms. The minimum atomic E-state index is 0.808. The summed E-state index contributed by atoms with van der Waals surface area (Å²) in [4.78, 5) is 7.17. The van der Waals surface area contributed by atoms with E-state index >= 15 is 0 Å². The highest BCUT2D eigenvalue weighted by atomic mass is 16.5. The molecule has 2 heterocycles. The lowest BCUT2D eigenvalue weighted by Gasteiger charge is -2.26. The molecule has 0 atom stereocenters. The molecule has 35 heavy (non-hydrogen) atoms. The van der Waals surface area contributed by atoms with E-state index < -0.39 is 0 Å². The standard InChI is InChI=1S/C31H35N3O/c1-4-25-7-5-6-8-27(25)20-33-28-13-14-32-29-19-22(2)30(23(3)31(28)29)26-11-9-24(10-12-26)21-34-15-17-35-18-16-34/h5-14,19H,4,15-18,20-21H2,1-3H3,(H,32,33). The predicted octanol–water partition coefficient (Wildman–Crippen LogP) is 6.53. The van der Waals surface area contributed by atoms with Crippen molar-refractivity contribution in [3.8, 4) is 11.1 Å². The van der Waals surface area contributed by atoms with Gasteiger partial charge >= 0.3 is 0 Å². The van der Waals surface area contributed by atoms with E-state index in [1.54, 1.807) is 0 Å². The Morgan fingerprint density at radius 1 is 0.943 bits per heavy atom. The number of hydrogen-bond acceptors (Lipinski definition) is 4. The summed E-state index contributed by atoms with van der Waals surface area (Å²) in [7, 11) is 0. The zero-order valence-corrected chi connectivity index (χ0v) is 21.1. The Balaban J connectivity index is 1.45. The molecule has 5 rings (SSSR count). The number of aromatic nitrogens is 1. The molecule has 0 radical (unpaired) electrons. The molecule has 1 aliphatic heterocycles. The minimum absolute atomic E-state index is 0.808. The Bertz CT molecular complexity index is 1310. The number of nitrogens with zero attached hydrogens (tertiary/aromatic N) is 2. The monoisotopic (exact) mass is 465 g/mol. The molecular formula is C31H35N3O. The van der Waals surface area contributed by atoms with Gasteiger partial charge in [-0.3, -0.25) is 9.88 Å². The van der Waals surface area contributed by atoms with Crippen LogP contribution in [-0.4, -0.2) is 36.2 Å². The summed E-state index contributed by atoms with van der Waals surface area (Å²) in [5, 5.41) is 4.92. The Morgan fingerprint density at radius 3 is 2.43 bits per heavy atom. The zero-order chi connectivity index (χ0) is 24.2. The topological polar surface area (TPSA) is 37.4 Å². The summed E-state index contributed by atoms with van der Waals surface area (Å²) in [5.74, 6) is 0. The number of morpholine rings is 1. The lowest BCUT2D eigenvalue weighted by atomic mass is 9.91. The van der Waals surface area contributed by atoms with Gasteiger partial charge in [-0.1, -0.05) is 55.5 Å². The number of pyridine rings is 1. The molecule has 3 aromatic carbocycles. The molecule has 4 nitrogen and oxygen atoms in total. The Hall–Kier alpha value is -3.21. The summed E-state index contributed by atoms with van der Waals surface area (Å²) in [6.45, 7) is 12.1. The van der Waals surface area contributed by atoms with E-state index in [9.17, 15) is 0 Å². The number of benzene rings is 3. The third-order valence-electron chi connectivity index (χ3n) is 7.20. The number of aryl methyl sites for hydroxylation is 3. The lowest BCUT2D eigenvalue weighted by Crippen LogP contribution is -2.35. The Kier molecular flexibility index (Phi) is 7.12. The number of fused-ring (bicyclic) bond motifs is 1. The van der Waals surface area contributed by atoms with Crippen molar-refractivity contribution in [2.45, 2.75) is 40.3 Å². The van der Waals surface area contributed by atoms with Gasteiger partial charge in [-0.05, 0) is 71.3 Å². The van der Waals surface area contributed by atoms with Crippen LogP contribution in [0, 0.1) is 13.8 Å². The number of anilines is 1. The maximum Gasteiger partial charge on any atom is 0.0728 e. The van der Waals surface area contributed by atoms with Crippen molar-refractivity contribution >= 4 is 16.6 Å². The first-order chi connectivity index (χ1) is 17.1. The van der Waals surface area contributed by atoms with Crippen LogP contribution in [0.15, 0.2) is 66.9 Å². The van der Waals surface area contributed by atoms with E-state index in [2.05, 4.69) is 91.7 Å². The van der Waals surface area contributed by atoms with Gasteiger partial charge in [0.05, 0.1) is 18.7 Å². The quantitative estimate of drug-likeness (QED) is 0.337. The second-order valence-electron chi connectivity index (χ2n) is 9.51. The van der Waals surface area contributed by atoms with Crippen molar-refractivity contribution in [3.05, 3.63) is 94.7 Å². The van der Waals surface area contributed by atoms with Crippen molar-refractivity contribution in [2.75, 3.05) is 31.6 Å². The average molecular weight is 466 g/mol. The third-order valence-corrected chi connectivity index (χ3v) is 7.20. The number of rotatable bonds is 7. The molecule has 4 aromatic rings. The predicted molar refractivity (Wildman–Crippen MR) is 146 cm³/mol. The molecule has 4 heteroatoms. The fourth-order valence-corrected chi connectivity index (χ4v) is 5.33. The second kappa shape index (κ2) is 10.6. The van der Waals surface area contributed by atoms with Crippen molar-refractivity contribution in [1.82, 2.24) is 9.88 Å². The van der Waals surface area contributed by atoms with Gasteiger partial charge < -0.3 is 10.1 Å². The number of ether oxygens (including phenoxy) is 1. The molecule has 0 unspecified atom stereocenters. The first-order valence-corrected chi connectivity index (χ1v) is 12.7. The normalized spacial score (nSPS) is 14.4. The SMILES string of the molecule is CCc1ccccc1CNc1ccnc2cc(C)c(-c3ccc(CN4CCOCC4)cc3)c(C)c12. The first-order valence-electron chi connectivity index (χ1n) is 12.7. The van der Waals surface area contributed by atoms with Crippen molar-refractivity contribution in [1.29, 1.82) is 0 Å². The van der Waals surface area contributed by atoms with Crippen molar-refractivity contribution in [2.24, 2.45) is 0 Å². The minimum Gasteiger partial charge on any atom is -0.380 e.